The minimum absolute atomic E-state index is 0.00414. The quantitative estimate of drug-likeness (QED) is 0.326. The van der Waals surface area contributed by atoms with Gasteiger partial charge in [0.1, 0.15) is 17.6 Å². The van der Waals surface area contributed by atoms with Crippen molar-refractivity contribution in [3.05, 3.63) is 28.5 Å². The lowest BCUT2D eigenvalue weighted by atomic mass is 10.0. The molecule has 2 aromatic rings. The lowest BCUT2D eigenvalue weighted by Gasteiger charge is -2.26. The van der Waals surface area contributed by atoms with Crippen molar-refractivity contribution in [2.75, 3.05) is 5.32 Å². The van der Waals surface area contributed by atoms with Crippen LogP contribution in [0, 0.1) is 5.92 Å². The number of carbonyl (C=O) groups excluding carboxylic acids is 2. The second-order valence-corrected chi connectivity index (χ2v) is 12.7. The first kappa shape index (κ1) is 29.6. The van der Waals surface area contributed by atoms with Crippen LogP contribution in [-0.2, 0) is 0 Å². The molecule has 2 saturated heterocycles. The smallest absolute Gasteiger partial charge is 0.388 e. The minimum atomic E-state index is -4.58. The number of fused-ring (bicyclic) bond motifs is 2. The number of pyridine rings is 1. The number of hydrogen-bond acceptors (Lipinski definition) is 7. The predicted molar refractivity (Wildman–Crippen MR) is 142 cm³/mol. The second-order valence-electron chi connectivity index (χ2n) is 11.7. The van der Waals surface area contributed by atoms with Crippen LogP contribution in [0.25, 0.3) is 10.4 Å². The fraction of sp³-hybridized carbons (Fsp3) is 0.630. The number of halogens is 5. The first-order chi connectivity index (χ1) is 19.1. The van der Waals surface area contributed by atoms with Crippen LogP contribution in [0.1, 0.15) is 91.6 Å². The Labute approximate surface area is 237 Å². The van der Waals surface area contributed by atoms with Gasteiger partial charge in [0, 0.05) is 29.4 Å². The summed E-state index contributed by atoms with van der Waals surface area (Å²) in [5.74, 6) is -2.19. The van der Waals surface area contributed by atoms with Gasteiger partial charge in [0.05, 0.1) is 16.5 Å². The molecule has 224 valence electrons. The molecule has 2 aliphatic heterocycles. The Kier molecular flexibility index (Phi) is 7.77. The lowest BCUT2D eigenvalue weighted by Crippen LogP contribution is -2.47. The van der Waals surface area contributed by atoms with Gasteiger partial charge in [0.2, 0.25) is 0 Å². The molecule has 0 aromatic carbocycles. The first-order valence-electron chi connectivity index (χ1n) is 13.6. The van der Waals surface area contributed by atoms with E-state index in [1.54, 1.807) is 11.8 Å². The van der Waals surface area contributed by atoms with Crippen LogP contribution in [0.5, 0.6) is 0 Å². The molecule has 1 aliphatic carbocycles. The molecule has 0 unspecified atom stereocenters. The molecule has 8 nitrogen and oxygen atoms in total. The van der Waals surface area contributed by atoms with E-state index in [4.69, 9.17) is 0 Å². The maximum atomic E-state index is 14.4. The third kappa shape index (κ3) is 6.04. The van der Waals surface area contributed by atoms with Crippen LogP contribution in [-0.4, -0.2) is 67.7 Å². The van der Waals surface area contributed by atoms with Gasteiger partial charge in [0.15, 0.2) is 5.01 Å². The molecule has 2 amide bonds. The molecule has 14 heteroatoms. The van der Waals surface area contributed by atoms with Crippen molar-refractivity contribution >= 4 is 29.0 Å². The van der Waals surface area contributed by atoms with Gasteiger partial charge in [-0.3, -0.25) is 9.59 Å². The zero-order chi connectivity index (χ0) is 29.9. The maximum absolute atomic E-state index is 14.4. The summed E-state index contributed by atoms with van der Waals surface area (Å²) in [6.45, 7) is 4.60. The number of aliphatic hydroxyl groups is 1. The Hall–Kier alpha value is -2.87. The summed E-state index contributed by atoms with van der Waals surface area (Å²) in [6.07, 6.45) is -2.67. The van der Waals surface area contributed by atoms with E-state index in [-0.39, 0.29) is 39.0 Å². The van der Waals surface area contributed by atoms with E-state index in [0.29, 0.717) is 12.8 Å². The molecule has 3 aliphatic rings. The Balaban J connectivity index is 1.54. The van der Waals surface area contributed by atoms with Gasteiger partial charge < -0.3 is 20.6 Å². The van der Waals surface area contributed by atoms with Crippen molar-refractivity contribution < 1.29 is 36.6 Å². The molecule has 3 fully saturated rings. The van der Waals surface area contributed by atoms with Crippen molar-refractivity contribution in [2.45, 2.75) is 102 Å². The van der Waals surface area contributed by atoms with Gasteiger partial charge in [-0.15, -0.1) is 11.3 Å². The first-order valence-corrected chi connectivity index (χ1v) is 14.4. The molecule has 3 N–H and O–H groups in total. The maximum Gasteiger partial charge on any atom is 0.408 e. The summed E-state index contributed by atoms with van der Waals surface area (Å²) in [6, 6.07) is -1.76. The van der Waals surface area contributed by atoms with Gasteiger partial charge in [-0.1, -0.05) is 0 Å². The normalized spacial score (nSPS) is 22.2. The summed E-state index contributed by atoms with van der Waals surface area (Å²) in [5.41, 5.74) is -2.25. The van der Waals surface area contributed by atoms with Crippen LogP contribution in [0.4, 0.5) is 27.8 Å². The monoisotopic (exact) mass is 601 g/mol. The van der Waals surface area contributed by atoms with Crippen LogP contribution < -0.4 is 10.6 Å². The Morgan fingerprint density at radius 3 is 2.22 bits per heavy atom. The molecular formula is C27H32F5N5O3S. The zero-order valence-corrected chi connectivity index (χ0v) is 23.6. The van der Waals surface area contributed by atoms with E-state index in [9.17, 15) is 36.6 Å². The molecule has 2 aromatic heterocycles. The molecule has 5 rings (SSSR count). The number of anilines is 1. The van der Waals surface area contributed by atoms with Gasteiger partial charge >= 0.3 is 6.18 Å². The molecule has 1 saturated carbocycles. The number of nitrogens with one attached hydrogen (secondary N) is 2. The van der Waals surface area contributed by atoms with Crippen LogP contribution >= 0.6 is 11.3 Å². The number of rotatable bonds is 9. The Morgan fingerprint density at radius 2 is 1.71 bits per heavy atom. The van der Waals surface area contributed by atoms with Crippen LogP contribution in [0.2, 0.25) is 0 Å². The van der Waals surface area contributed by atoms with E-state index >= 15 is 0 Å². The summed E-state index contributed by atoms with van der Waals surface area (Å²) in [4.78, 5) is 36.8. The number of thiazole rings is 1. The number of alkyl halides is 5. The van der Waals surface area contributed by atoms with Crippen molar-refractivity contribution in [2.24, 2.45) is 5.92 Å². The van der Waals surface area contributed by atoms with Crippen molar-refractivity contribution in [1.82, 2.24) is 20.2 Å². The number of carbonyl (C=O) groups is 2. The van der Waals surface area contributed by atoms with Crippen LogP contribution in [0.3, 0.4) is 0 Å². The summed E-state index contributed by atoms with van der Waals surface area (Å²) in [5, 5.41) is 15.0. The fourth-order valence-corrected chi connectivity index (χ4v) is 6.51. The number of amides is 2. The molecule has 2 bridgehead atoms. The highest BCUT2D eigenvalue weighted by molar-refractivity contribution is 7.17. The molecular weight excluding hydrogens is 569 g/mol. The van der Waals surface area contributed by atoms with Gasteiger partial charge in [-0.25, -0.2) is 18.7 Å². The topological polar surface area (TPSA) is 107 Å². The second kappa shape index (κ2) is 10.8. The van der Waals surface area contributed by atoms with Crippen LogP contribution in [0.15, 0.2) is 12.3 Å². The molecule has 2 atom stereocenters. The summed E-state index contributed by atoms with van der Waals surface area (Å²) < 4.78 is 69.4. The third-order valence-corrected chi connectivity index (χ3v) is 9.37. The van der Waals surface area contributed by atoms with E-state index in [0.717, 1.165) is 49.3 Å². The molecule has 0 spiro atoms. The van der Waals surface area contributed by atoms with Gasteiger partial charge in [-0.05, 0) is 71.3 Å². The average molecular weight is 602 g/mol. The zero-order valence-electron chi connectivity index (χ0n) is 22.8. The average Bonchev–Trinajstić information content (AvgIpc) is 3.31. The van der Waals surface area contributed by atoms with Crippen molar-refractivity contribution in [3.8, 4) is 10.4 Å². The number of nitrogens with zero attached hydrogens (tertiary/aromatic N) is 3. The van der Waals surface area contributed by atoms with E-state index in [1.807, 2.05) is 0 Å². The number of hydrogen-bond donors (Lipinski definition) is 3. The fourth-order valence-electron chi connectivity index (χ4n) is 5.52. The predicted octanol–water partition coefficient (Wildman–Crippen LogP) is 5.55. The van der Waals surface area contributed by atoms with E-state index in [2.05, 4.69) is 20.6 Å². The highest BCUT2D eigenvalue weighted by atomic mass is 32.1. The standard InChI is InChI=1S/C27H32F5N5O3S/c1-12(26(2,3)40)34-23(38)24-36-19(25(39)37-14-6-7-15(37)9-8-14)20(41-24)17-11-33-18(10-16(17)22(28)29)35-21(13-4-5-13)27(30,31)32/h10-15,21-22,40H,4-9H2,1-3H3,(H,33,35)(H,34,38)/t12-,14-,15-,21-/m0/s1. The minimum Gasteiger partial charge on any atom is -0.388 e. The highest BCUT2D eigenvalue weighted by Gasteiger charge is 2.49. The summed E-state index contributed by atoms with van der Waals surface area (Å²) >= 11 is 0.728. The van der Waals surface area contributed by atoms with E-state index < -0.39 is 53.6 Å². The SMILES string of the molecule is C[C@H](NC(=O)c1nc(C(=O)N2[C@H]3CC[C@H]2CC3)c(-c2cnc(N[C@@H](C3CC3)C(F)(F)F)cc2C(F)F)s1)C(C)(C)O. The van der Waals surface area contributed by atoms with E-state index in [1.165, 1.54) is 13.8 Å². The Morgan fingerprint density at radius 1 is 1.10 bits per heavy atom. The lowest BCUT2D eigenvalue weighted by molar-refractivity contribution is -0.146. The molecule has 41 heavy (non-hydrogen) atoms. The summed E-state index contributed by atoms with van der Waals surface area (Å²) in [7, 11) is 0. The number of aromatic nitrogens is 2. The highest BCUT2D eigenvalue weighted by Crippen LogP contribution is 2.44. The van der Waals surface area contributed by atoms with Crippen molar-refractivity contribution in [1.29, 1.82) is 0 Å². The Bertz CT molecular complexity index is 1300. The van der Waals surface area contributed by atoms with Gasteiger partial charge in [0.25, 0.3) is 18.2 Å². The van der Waals surface area contributed by atoms with Crippen molar-refractivity contribution in [3.63, 3.8) is 0 Å². The van der Waals surface area contributed by atoms with Gasteiger partial charge in [-0.2, -0.15) is 13.2 Å². The third-order valence-electron chi connectivity index (χ3n) is 8.28. The molecule has 4 heterocycles. The molecule has 0 radical (unpaired) electrons. The largest absolute Gasteiger partial charge is 0.408 e.